The minimum absolute atomic E-state index is 0.0372. The van der Waals surface area contributed by atoms with E-state index in [-0.39, 0.29) is 31.3 Å². The summed E-state index contributed by atoms with van der Waals surface area (Å²) in [6.07, 6.45) is 0.270. The third-order valence-electron chi connectivity index (χ3n) is 2.96. The van der Waals surface area contributed by atoms with Crippen LogP contribution in [-0.2, 0) is 25.5 Å². The minimum atomic E-state index is -0.515. The standard InChI is InChI=1S/C16H19N3O4/c1-12(20)18-14-6-4-13(5-7-14)10-16(22)23-11-15(21)19(2)9-3-8-17/h4-7H,3,9-11H2,1-2H3,(H,18,20). The van der Waals surface area contributed by atoms with E-state index in [0.717, 1.165) is 5.56 Å². The number of esters is 1. The second-order valence-electron chi connectivity index (χ2n) is 4.94. The van der Waals surface area contributed by atoms with Crippen molar-refractivity contribution in [1.82, 2.24) is 4.90 Å². The quantitative estimate of drug-likeness (QED) is 0.759. The Hall–Kier alpha value is -2.88. The van der Waals surface area contributed by atoms with Crippen molar-refractivity contribution in [1.29, 1.82) is 5.26 Å². The number of rotatable bonds is 7. The largest absolute Gasteiger partial charge is 0.455 e. The van der Waals surface area contributed by atoms with Gasteiger partial charge >= 0.3 is 5.97 Å². The molecule has 0 atom stereocenters. The summed E-state index contributed by atoms with van der Waals surface area (Å²) in [4.78, 5) is 35.6. The van der Waals surface area contributed by atoms with Crippen LogP contribution in [0.15, 0.2) is 24.3 Å². The Kier molecular flexibility index (Phi) is 7.27. The molecule has 0 unspecified atom stereocenters. The lowest BCUT2D eigenvalue weighted by Crippen LogP contribution is -2.32. The number of nitriles is 1. The van der Waals surface area contributed by atoms with Crippen LogP contribution < -0.4 is 5.32 Å². The molecule has 1 aromatic carbocycles. The predicted octanol–water partition coefficient (Wildman–Crippen LogP) is 1.10. The van der Waals surface area contributed by atoms with Crippen molar-refractivity contribution in [2.24, 2.45) is 0 Å². The molecule has 7 nitrogen and oxygen atoms in total. The van der Waals surface area contributed by atoms with Crippen molar-refractivity contribution in [2.45, 2.75) is 19.8 Å². The van der Waals surface area contributed by atoms with Gasteiger partial charge in [-0.2, -0.15) is 5.26 Å². The molecule has 1 rings (SSSR count). The topological polar surface area (TPSA) is 99.5 Å². The van der Waals surface area contributed by atoms with Gasteiger partial charge in [0.15, 0.2) is 6.61 Å². The van der Waals surface area contributed by atoms with Crippen LogP contribution in [0.1, 0.15) is 18.9 Å². The van der Waals surface area contributed by atoms with E-state index in [9.17, 15) is 14.4 Å². The van der Waals surface area contributed by atoms with E-state index in [0.29, 0.717) is 12.2 Å². The molecule has 0 aromatic heterocycles. The summed E-state index contributed by atoms with van der Waals surface area (Å²) in [6, 6.07) is 8.71. The lowest BCUT2D eigenvalue weighted by Gasteiger charge is -2.15. The molecule has 0 saturated carbocycles. The van der Waals surface area contributed by atoms with Crippen molar-refractivity contribution >= 4 is 23.5 Å². The monoisotopic (exact) mass is 317 g/mol. The Bertz CT molecular complexity index is 605. The molecule has 7 heteroatoms. The number of nitrogens with one attached hydrogen (secondary N) is 1. The number of anilines is 1. The highest BCUT2D eigenvalue weighted by Gasteiger charge is 2.12. The van der Waals surface area contributed by atoms with Gasteiger partial charge in [-0.1, -0.05) is 12.1 Å². The van der Waals surface area contributed by atoms with Gasteiger partial charge in [0.2, 0.25) is 5.91 Å². The first-order valence-electron chi connectivity index (χ1n) is 7.05. The first kappa shape index (κ1) is 18.2. The normalized spacial score (nSPS) is 9.61. The van der Waals surface area contributed by atoms with E-state index in [4.69, 9.17) is 10.00 Å². The van der Waals surface area contributed by atoms with E-state index in [2.05, 4.69) is 5.32 Å². The number of hydrogen-bond acceptors (Lipinski definition) is 5. The van der Waals surface area contributed by atoms with Crippen LogP contribution in [0.3, 0.4) is 0 Å². The zero-order valence-corrected chi connectivity index (χ0v) is 13.2. The number of amides is 2. The van der Waals surface area contributed by atoms with Gasteiger partial charge in [-0.15, -0.1) is 0 Å². The molecule has 0 aliphatic rings. The Morgan fingerprint density at radius 1 is 1.26 bits per heavy atom. The van der Waals surface area contributed by atoms with Crippen LogP contribution in [0, 0.1) is 11.3 Å². The summed E-state index contributed by atoms with van der Waals surface area (Å²) in [7, 11) is 1.55. The molecule has 1 N–H and O–H groups in total. The van der Waals surface area contributed by atoms with Crippen LogP contribution in [0.4, 0.5) is 5.69 Å². The summed E-state index contributed by atoms with van der Waals surface area (Å²) >= 11 is 0. The summed E-state index contributed by atoms with van der Waals surface area (Å²) < 4.78 is 4.92. The van der Waals surface area contributed by atoms with Gasteiger partial charge in [-0.3, -0.25) is 14.4 Å². The van der Waals surface area contributed by atoms with Crippen molar-refractivity contribution in [3.8, 4) is 6.07 Å². The molecule has 0 aliphatic carbocycles. The van der Waals surface area contributed by atoms with Gasteiger partial charge < -0.3 is 15.0 Å². The van der Waals surface area contributed by atoms with Crippen LogP contribution in [0.25, 0.3) is 0 Å². The number of carbonyl (C=O) groups is 3. The number of likely N-dealkylation sites (N-methyl/N-ethyl adjacent to an activating group) is 1. The van der Waals surface area contributed by atoms with Gasteiger partial charge in [0.1, 0.15) is 0 Å². The van der Waals surface area contributed by atoms with Gasteiger partial charge in [0.25, 0.3) is 5.91 Å². The summed E-state index contributed by atoms with van der Waals surface area (Å²) in [5.41, 5.74) is 1.36. The van der Waals surface area contributed by atoms with Crippen molar-refractivity contribution < 1.29 is 19.1 Å². The van der Waals surface area contributed by atoms with Crippen LogP contribution >= 0.6 is 0 Å². The van der Waals surface area contributed by atoms with Crippen LogP contribution in [0.2, 0.25) is 0 Å². The second-order valence-corrected chi connectivity index (χ2v) is 4.94. The lowest BCUT2D eigenvalue weighted by molar-refractivity contribution is -0.150. The number of ether oxygens (including phenoxy) is 1. The maximum atomic E-state index is 11.7. The van der Waals surface area contributed by atoms with E-state index in [1.165, 1.54) is 11.8 Å². The Labute approximate surface area is 134 Å². The van der Waals surface area contributed by atoms with Crippen molar-refractivity contribution in [2.75, 3.05) is 25.5 Å². The maximum absolute atomic E-state index is 11.7. The summed E-state index contributed by atoms with van der Waals surface area (Å²) in [5, 5.41) is 11.1. The van der Waals surface area contributed by atoms with Gasteiger partial charge in [-0.25, -0.2) is 0 Å². The fourth-order valence-corrected chi connectivity index (χ4v) is 1.72. The first-order chi connectivity index (χ1) is 10.9. The van der Waals surface area contributed by atoms with Gasteiger partial charge in [0, 0.05) is 26.2 Å². The average Bonchev–Trinajstić information content (AvgIpc) is 2.51. The number of nitrogens with zero attached hydrogens (tertiary/aromatic N) is 2. The van der Waals surface area contributed by atoms with E-state index < -0.39 is 5.97 Å². The summed E-state index contributed by atoms with van der Waals surface area (Å²) in [6.45, 7) is 1.37. The molecule has 0 heterocycles. The highest BCUT2D eigenvalue weighted by Crippen LogP contribution is 2.10. The highest BCUT2D eigenvalue weighted by molar-refractivity contribution is 5.88. The van der Waals surface area contributed by atoms with Crippen molar-refractivity contribution in [3.05, 3.63) is 29.8 Å². The molecule has 0 radical (unpaired) electrons. The molecular weight excluding hydrogens is 298 g/mol. The fourth-order valence-electron chi connectivity index (χ4n) is 1.72. The third-order valence-corrected chi connectivity index (χ3v) is 2.96. The zero-order chi connectivity index (χ0) is 17.2. The van der Waals surface area contributed by atoms with Crippen LogP contribution in [0.5, 0.6) is 0 Å². The maximum Gasteiger partial charge on any atom is 0.310 e. The molecule has 0 saturated heterocycles. The SMILES string of the molecule is CC(=O)Nc1ccc(CC(=O)OCC(=O)N(C)CCC#N)cc1. The van der Waals surface area contributed by atoms with E-state index in [1.807, 2.05) is 6.07 Å². The first-order valence-corrected chi connectivity index (χ1v) is 7.05. The number of carbonyl (C=O) groups excluding carboxylic acids is 3. The predicted molar refractivity (Wildman–Crippen MR) is 83.3 cm³/mol. The van der Waals surface area contributed by atoms with Gasteiger partial charge in [0.05, 0.1) is 18.9 Å². The molecule has 0 fully saturated rings. The Morgan fingerprint density at radius 2 is 1.91 bits per heavy atom. The van der Waals surface area contributed by atoms with Gasteiger partial charge in [-0.05, 0) is 17.7 Å². The Morgan fingerprint density at radius 3 is 2.48 bits per heavy atom. The van der Waals surface area contributed by atoms with E-state index >= 15 is 0 Å². The molecular formula is C16H19N3O4. The lowest BCUT2D eigenvalue weighted by atomic mass is 10.1. The smallest absolute Gasteiger partial charge is 0.310 e. The minimum Gasteiger partial charge on any atom is -0.455 e. The zero-order valence-electron chi connectivity index (χ0n) is 13.2. The van der Waals surface area contributed by atoms with Crippen molar-refractivity contribution in [3.63, 3.8) is 0 Å². The molecule has 1 aromatic rings. The van der Waals surface area contributed by atoms with E-state index in [1.54, 1.807) is 31.3 Å². The average molecular weight is 317 g/mol. The molecule has 23 heavy (non-hydrogen) atoms. The summed E-state index contributed by atoms with van der Waals surface area (Å²) in [5.74, 6) is -1.04. The third kappa shape index (κ3) is 7.09. The second kappa shape index (κ2) is 9.20. The molecule has 122 valence electrons. The fraction of sp³-hybridized carbons (Fsp3) is 0.375. The molecule has 2 amide bonds. The molecule has 0 bridgehead atoms. The number of benzene rings is 1. The molecule has 0 spiro atoms. The number of hydrogen-bond donors (Lipinski definition) is 1. The Balaban J connectivity index is 2.40. The highest BCUT2D eigenvalue weighted by atomic mass is 16.5. The van der Waals surface area contributed by atoms with Crippen LogP contribution in [-0.4, -0.2) is 42.9 Å². The molecule has 0 aliphatic heterocycles.